The Morgan fingerprint density at radius 3 is 2.82 bits per heavy atom. The van der Waals surface area contributed by atoms with Crippen molar-refractivity contribution in [2.45, 2.75) is 19.5 Å². The number of morpholine rings is 1. The number of H-pyrrole nitrogens is 1. The fourth-order valence-electron chi connectivity index (χ4n) is 4.14. The summed E-state index contributed by atoms with van der Waals surface area (Å²) in [5, 5.41) is 3.24. The van der Waals surface area contributed by atoms with E-state index in [9.17, 15) is 0 Å². The number of methoxy groups -OCH3 is 1. The van der Waals surface area contributed by atoms with Crippen molar-refractivity contribution >= 4 is 27.5 Å². The summed E-state index contributed by atoms with van der Waals surface area (Å²) < 4.78 is 10.9. The summed E-state index contributed by atoms with van der Waals surface area (Å²) in [4.78, 5) is 17.4. The van der Waals surface area contributed by atoms with Crippen LogP contribution in [-0.2, 0) is 24.2 Å². The molecule has 0 saturated carbocycles. The van der Waals surface area contributed by atoms with E-state index in [1.807, 2.05) is 12.1 Å². The average Bonchev–Trinajstić information content (AvgIpc) is 3.52. The fourth-order valence-corrected chi connectivity index (χ4v) is 5.00. The molecule has 0 amide bonds. The minimum absolute atomic E-state index is 0.759. The van der Waals surface area contributed by atoms with Crippen LogP contribution in [0, 0.1) is 0 Å². The van der Waals surface area contributed by atoms with Crippen LogP contribution >= 0.6 is 11.3 Å². The molecule has 1 N–H and O–H groups in total. The van der Waals surface area contributed by atoms with Crippen LogP contribution in [0.25, 0.3) is 11.0 Å². The zero-order valence-corrected chi connectivity index (χ0v) is 19.7. The second kappa shape index (κ2) is 10.3. The molecule has 7 nitrogen and oxygen atoms in total. The van der Waals surface area contributed by atoms with E-state index in [1.165, 1.54) is 11.1 Å². The highest BCUT2D eigenvalue weighted by Gasteiger charge is 2.16. The summed E-state index contributed by atoms with van der Waals surface area (Å²) in [7, 11) is 1.71. The molecular weight excluding hydrogens is 434 g/mol. The molecule has 0 aliphatic carbocycles. The summed E-state index contributed by atoms with van der Waals surface area (Å²) in [5.74, 6) is 0.872. The Kier molecular flexibility index (Phi) is 6.85. The number of anilines is 1. The number of thiazole rings is 1. The van der Waals surface area contributed by atoms with Crippen LogP contribution < -0.4 is 9.64 Å². The van der Waals surface area contributed by atoms with Gasteiger partial charge in [0.2, 0.25) is 0 Å². The molecule has 3 heterocycles. The van der Waals surface area contributed by atoms with E-state index in [0.29, 0.717) is 0 Å². The first-order valence-electron chi connectivity index (χ1n) is 11.3. The quantitative estimate of drug-likeness (QED) is 0.403. The largest absolute Gasteiger partial charge is 0.497 e. The molecule has 0 radical (unpaired) electrons. The summed E-state index contributed by atoms with van der Waals surface area (Å²) in [5.41, 5.74) is 5.61. The lowest BCUT2D eigenvalue weighted by atomic mass is 10.1. The van der Waals surface area contributed by atoms with Crippen LogP contribution in [0.4, 0.5) is 5.13 Å². The molecule has 0 unspecified atom stereocenters. The normalized spacial score (nSPS) is 14.6. The van der Waals surface area contributed by atoms with Gasteiger partial charge in [0.25, 0.3) is 0 Å². The SMILES string of the molecule is COc1cccc(CN(Cc2ccc3nc[nH]c3c2)c2nc(CCN3CCOCC3)cs2)c1. The second-order valence-electron chi connectivity index (χ2n) is 8.29. The summed E-state index contributed by atoms with van der Waals surface area (Å²) in [6.45, 7) is 6.23. The van der Waals surface area contributed by atoms with Crippen LogP contribution in [0.15, 0.2) is 54.2 Å². The van der Waals surface area contributed by atoms with Crippen molar-refractivity contribution in [2.75, 3.05) is 44.9 Å². The van der Waals surface area contributed by atoms with E-state index >= 15 is 0 Å². The first-order chi connectivity index (χ1) is 16.3. The minimum atomic E-state index is 0.759. The Morgan fingerprint density at radius 2 is 1.97 bits per heavy atom. The molecule has 0 atom stereocenters. The van der Waals surface area contributed by atoms with E-state index in [0.717, 1.165) is 80.0 Å². The Hall–Kier alpha value is -2.94. The van der Waals surface area contributed by atoms with Crippen molar-refractivity contribution in [2.24, 2.45) is 0 Å². The van der Waals surface area contributed by atoms with Crippen LogP contribution in [0.2, 0.25) is 0 Å². The molecule has 8 heteroatoms. The molecule has 172 valence electrons. The lowest BCUT2D eigenvalue weighted by molar-refractivity contribution is 0.0383. The lowest BCUT2D eigenvalue weighted by Crippen LogP contribution is -2.37. The van der Waals surface area contributed by atoms with Gasteiger partial charge in [0, 0.05) is 44.5 Å². The van der Waals surface area contributed by atoms with E-state index in [1.54, 1.807) is 24.8 Å². The van der Waals surface area contributed by atoms with Crippen molar-refractivity contribution in [3.8, 4) is 5.75 Å². The third-order valence-electron chi connectivity index (χ3n) is 5.96. The molecule has 1 aliphatic rings. The van der Waals surface area contributed by atoms with Crippen molar-refractivity contribution in [1.29, 1.82) is 0 Å². The highest BCUT2D eigenvalue weighted by molar-refractivity contribution is 7.13. The molecule has 4 aromatic rings. The number of nitrogens with zero attached hydrogens (tertiary/aromatic N) is 4. The van der Waals surface area contributed by atoms with Crippen LogP contribution in [0.5, 0.6) is 5.75 Å². The molecule has 2 aromatic heterocycles. The van der Waals surface area contributed by atoms with Gasteiger partial charge in [-0.15, -0.1) is 11.3 Å². The van der Waals surface area contributed by atoms with Gasteiger partial charge in [-0.2, -0.15) is 0 Å². The van der Waals surface area contributed by atoms with Gasteiger partial charge in [-0.05, 0) is 35.4 Å². The monoisotopic (exact) mass is 463 g/mol. The standard InChI is InChI=1S/C25H29N5O2S/c1-31-22-4-2-3-19(13-22)15-30(16-20-5-6-23-24(14-20)27-18-26-23)25-28-21(17-33-25)7-8-29-9-11-32-12-10-29/h2-6,13-14,17-18H,7-12,15-16H2,1H3,(H,26,27). The molecule has 0 spiro atoms. The number of nitrogens with one attached hydrogen (secondary N) is 1. The highest BCUT2D eigenvalue weighted by Crippen LogP contribution is 2.26. The zero-order chi connectivity index (χ0) is 22.5. The lowest BCUT2D eigenvalue weighted by Gasteiger charge is -2.26. The zero-order valence-electron chi connectivity index (χ0n) is 18.9. The number of fused-ring (bicyclic) bond motifs is 1. The van der Waals surface area contributed by atoms with Gasteiger partial charge in [-0.25, -0.2) is 9.97 Å². The molecular formula is C25H29N5O2S. The summed E-state index contributed by atoms with van der Waals surface area (Å²) >= 11 is 1.72. The molecule has 33 heavy (non-hydrogen) atoms. The van der Waals surface area contributed by atoms with Gasteiger partial charge in [0.1, 0.15) is 5.75 Å². The maximum atomic E-state index is 5.46. The maximum absolute atomic E-state index is 5.46. The van der Waals surface area contributed by atoms with Crippen LogP contribution in [0.3, 0.4) is 0 Å². The number of aromatic nitrogens is 3. The molecule has 5 rings (SSSR count). The predicted octanol–water partition coefficient (Wildman–Crippen LogP) is 4.11. The van der Waals surface area contributed by atoms with Gasteiger partial charge < -0.3 is 19.4 Å². The van der Waals surface area contributed by atoms with E-state index in [-0.39, 0.29) is 0 Å². The van der Waals surface area contributed by atoms with Crippen LogP contribution in [0.1, 0.15) is 16.8 Å². The summed E-state index contributed by atoms with van der Waals surface area (Å²) in [6, 6.07) is 14.6. The Bertz CT molecular complexity index is 1180. The molecule has 0 bridgehead atoms. The van der Waals surface area contributed by atoms with Gasteiger partial charge in [0.05, 0.1) is 43.4 Å². The number of hydrogen-bond acceptors (Lipinski definition) is 7. The first-order valence-corrected chi connectivity index (χ1v) is 12.2. The fraction of sp³-hybridized carbons (Fsp3) is 0.360. The van der Waals surface area contributed by atoms with Crippen molar-refractivity contribution in [3.05, 3.63) is 71.0 Å². The number of rotatable bonds is 9. The number of benzene rings is 2. The number of ether oxygens (including phenoxy) is 2. The van der Waals surface area contributed by atoms with Crippen molar-refractivity contribution < 1.29 is 9.47 Å². The van der Waals surface area contributed by atoms with Gasteiger partial charge in [0.15, 0.2) is 5.13 Å². The third kappa shape index (κ3) is 5.52. The highest BCUT2D eigenvalue weighted by atomic mass is 32.1. The molecule has 1 fully saturated rings. The smallest absolute Gasteiger partial charge is 0.186 e. The summed E-state index contributed by atoms with van der Waals surface area (Å²) in [6.07, 6.45) is 2.70. The van der Waals surface area contributed by atoms with Gasteiger partial charge >= 0.3 is 0 Å². The second-order valence-corrected chi connectivity index (χ2v) is 9.12. The van der Waals surface area contributed by atoms with Crippen molar-refractivity contribution in [3.63, 3.8) is 0 Å². The number of aromatic amines is 1. The van der Waals surface area contributed by atoms with E-state index in [2.05, 4.69) is 55.5 Å². The van der Waals surface area contributed by atoms with E-state index < -0.39 is 0 Å². The Labute approximate surface area is 198 Å². The predicted molar refractivity (Wildman–Crippen MR) is 132 cm³/mol. The van der Waals surface area contributed by atoms with Gasteiger partial charge in [-0.3, -0.25) is 4.90 Å². The first kappa shape index (κ1) is 21.9. The van der Waals surface area contributed by atoms with Gasteiger partial charge in [-0.1, -0.05) is 18.2 Å². The average molecular weight is 464 g/mol. The molecule has 2 aromatic carbocycles. The third-order valence-corrected chi connectivity index (χ3v) is 6.91. The van der Waals surface area contributed by atoms with Crippen molar-refractivity contribution in [1.82, 2.24) is 19.9 Å². The Balaban J connectivity index is 1.35. The Morgan fingerprint density at radius 1 is 1.12 bits per heavy atom. The maximum Gasteiger partial charge on any atom is 0.186 e. The molecule has 1 saturated heterocycles. The van der Waals surface area contributed by atoms with Crippen LogP contribution in [-0.4, -0.2) is 59.8 Å². The molecule has 1 aliphatic heterocycles. The topological polar surface area (TPSA) is 66.5 Å². The minimum Gasteiger partial charge on any atom is -0.497 e. The number of hydrogen-bond donors (Lipinski definition) is 1. The van der Waals surface area contributed by atoms with E-state index in [4.69, 9.17) is 14.5 Å². The number of imidazole rings is 1.